The molecule has 0 radical (unpaired) electrons. The minimum Gasteiger partial charge on any atom is -0.507 e. The number of amides is 1. The van der Waals surface area contributed by atoms with Gasteiger partial charge in [-0.3, -0.25) is 19.2 Å². The van der Waals surface area contributed by atoms with Crippen LogP contribution in [0.15, 0.2) is 30.3 Å². The third-order valence-corrected chi connectivity index (χ3v) is 9.59. The molecule has 11 heteroatoms. The SMILES string of the molecule is Cc1ccc(CNCc2cc(N(C)C)c3c(c2O)C(=O)C2C(=O)[C@@]4(O)C(=O)C(C(N)=O)C(O)[C@H](N(C)C)[C@H]4C[C@H]2C3)cc1. The fourth-order valence-electron chi connectivity index (χ4n) is 7.50. The summed E-state index contributed by atoms with van der Waals surface area (Å²) in [6.07, 6.45) is -1.22. The molecule has 43 heavy (non-hydrogen) atoms. The Kier molecular flexibility index (Phi) is 7.97. The Morgan fingerprint density at radius 3 is 2.30 bits per heavy atom. The van der Waals surface area contributed by atoms with Crippen LogP contribution in [-0.4, -0.2) is 89.4 Å². The average Bonchev–Trinajstić information content (AvgIpc) is 2.92. The van der Waals surface area contributed by atoms with Gasteiger partial charge < -0.3 is 36.2 Å². The van der Waals surface area contributed by atoms with E-state index >= 15 is 0 Å². The lowest BCUT2D eigenvalue weighted by molar-refractivity contribution is -0.190. The quantitative estimate of drug-likeness (QED) is 0.282. The molecule has 0 saturated heterocycles. The molecule has 230 valence electrons. The fourth-order valence-corrected chi connectivity index (χ4v) is 7.50. The second kappa shape index (κ2) is 11.1. The molecule has 0 heterocycles. The van der Waals surface area contributed by atoms with E-state index < -0.39 is 64.7 Å². The molecule has 5 rings (SSSR count). The Bertz CT molecular complexity index is 1490. The van der Waals surface area contributed by atoms with Crippen LogP contribution in [0.25, 0.3) is 0 Å². The van der Waals surface area contributed by atoms with E-state index in [2.05, 4.69) is 5.32 Å². The molecule has 2 saturated carbocycles. The van der Waals surface area contributed by atoms with Crippen LogP contribution >= 0.6 is 0 Å². The first-order chi connectivity index (χ1) is 20.2. The Labute approximate surface area is 250 Å². The number of benzene rings is 2. The van der Waals surface area contributed by atoms with Crippen molar-refractivity contribution < 1.29 is 34.5 Å². The van der Waals surface area contributed by atoms with Gasteiger partial charge in [0.25, 0.3) is 0 Å². The van der Waals surface area contributed by atoms with E-state index in [0.29, 0.717) is 17.7 Å². The van der Waals surface area contributed by atoms with Crippen molar-refractivity contribution in [2.24, 2.45) is 29.4 Å². The van der Waals surface area contributed by atoms with Crippen LogP contribution in [0, 0.1) is 30.6 Å². The Morgan fingerprint density at radius 2 is 1.72 bits per heavy atom. The molecule has 2 fully saturated rings. The standard InChI is InChI=1S/C32H40N4O7/c1-15-6-8-16(9-7-15)13-34-14-18-12-21(35(2)3)19-10-17-11-20-25(36(4)5)28(39)24(31(33)42)30(41)32(20,43)29(40)22(17)27(38)23(19)26(18)37/h6-9,12,17,20,22,24-25,28,34,37,39,43H,10-11,13-14H2,1-5H3,(H2,33,42)/t17-,20-,22?,24?,25-,28?,32-/m1/s1. The zero-order valence-corrected chi connectivity index (χ0v) is 25.1. The third kappa shape index (κ3) is 4.84. The summed E-state index contributed by atoms with van der Waals surface area (Å²) in [5.74, 6) is -9.10. The number of likely N-dealkylation sites (N-methyl/N-ethyl adjacent to an activating group) is 1. The number of rotatable bonds is 7. The van der Waals surface area contributed by atoms with Crippen molar-refractivity contribution in [3.63, 3.8) is 0 Å². The molecule has 1 amide bonds. The van der Waals surface area contributed by atoms with Crippen molar-refractivity contribution in [3.8, 4) is 5.75 Å². The first-order valence-corrected chi connectivity index (χ1v) is 14.5. The van der Waals surface area contributed by atoms with Crippen LogP contribution in [0.2, 0.25) is 0 Å². The highest BCUT2D eigenvalue weighted by molar-refractivity contribution is 6.25. The summed E-state index contributed by atoms with van der Waals surface area (Å²) in [7, 11) is 6.91. The smallest absolute Gasteiger partial charge is 0.230 e. The van der Waals surface area contributed by atoms with Crippen LogP contribution in [-0.2, 0) is 33.9 Å². The number of nitrogens with two attached hydrogens (primary N) is 1. The van der Waals surface area contributed by atoms with Crippen molar-refractivity contribution >= 4 is 28.9 Å². The average molecular weight is 593 g/mol. The number of fused-ring (bicyclic) bond motifs is 3. The molecular formula is C32H40N4O7. The van der Waals surface area contributed by atoms with E-state index in [-0.39, 0.29) is 30.7 Å². The largest absolute Gasteiger partial charge is 0.507 e. The molecule has 0 aliphatic heterocycles. The molecule has 3 aliphatic rings. The predicted molar refractivity (Wildman–Crippen MR) is 158 cm³/mol. The maximum Gasteiger partial charge on any atom is 0.230 e. The van der Waals surface area contributed by atoms with Gasteiger partial charge in [-0.25, -0.2) is 0 Å². The van der Waals surface area contributed by atoms with Gasteiger partial charge in [-0.1, -0.05) is 29.8 Å². The molecule has 2 aromatic carbocycles. The van der Waals surface area contributed by atoms with E-state index in [9.17, 15) is 34.5 Å². The molecule has 0 spiro atoms. The van der Waals surface area contributed by atoms with Crippen LogP contribution in [0.5, 0.6) is 5.75 Å². The topological polar surface area (TPSA) is 174 Å². The number of Topliss-reactive ketones (excluding diaryl/α,β-unsaturated/α-hetero) is 3. The Hall–Kier alpha value is -3.64. The number of phenols is 1. The maximum absolute atomic E-state index is 14.2. The number of primary amides is 1. The number of aliphatic hydroxyl groups excluding tert-OH is 1. The number of anilines is 1. The minimum absolute atomic E-state index is 0.00823. The summed E-state index contributed by atoms with van der Waals surface area (Å²) < 4.78 is 0. The zero-order chi connectivity index (χ0) is 31.5. The number of carbonyl (C=O) groups excluding carboxylic acids is 4. The minimum atomic E-state index is -2.69. The number of nitrogens with zero attached hydrogens (tertiary/aromatic N) is 2. The third-order valence-electron chi connectivity index (χ3n) is 9.59. The van der Waals surface area contributed by atoms with E-state index in [1.54, 1.807) is 19.0 Å². The van der Waals surface area contributed by atoms with Crippen molar-refractivity contribution in [2.75, 3.05) is 33.1 Å². The van der Waals surface area contributed by atoms with Crippen molar-refractivity contribution in [1.82, 2.24) is 10.2 Å². The van der Waals surface area contributed by atoms with E-state index in [0.717, 1.165) is 16.8 Å². The highest BCUT2D eigenvalue weighted by atomic mass is 16.3. The summed E-state index contributed by atoms with van der Waals surface area (Å²) in [5.41, 5.74) is 6.76. The molecule has 2 aromatic rings. The highest BCUT2D eigenvalue weighted by Gasteiger charge is 2.69. The van der Waals surface area contributed by atoms with Gasteiger partial charge >= 0.3 is 0 Å². The van der Waals surface area contributed by atoms with Crippen LogP contribution < -0.4 is 16.0 Å². The lowest BCUT2D eigenvalue weighted by atomic mass is 9.52. The van der Waals surface area contributed by atoms with Crippen molar-refractivity contribution in [1.29, 1.82) is 0 Å². The normalized spacial score (nSPS) is 30.1. The summed E-state index contributed by atoms with van der Waals surface area (Å²) in [5, 5.41) is 37.6. The van der Waals surface area contributed by atoms with Gasteiger partial charge in [0.2, 0.25) is 5.91 Å². The van der Waals surface area contributed by atoms with Gasteiger partial charge in [0.1, 0.15) is 11.7 Å². The second-order valence-electron chi connectivity index (χ2n) is 12.7. The Morgan fingerprint density at radius 1 is 1.07 bits per heavy atom. The van der Waals surface area contributed by atoms with Gasteiger partial charge in [0, 0.05) is 50.4 Å². The number of ketones is 3. The van der Waals surface area contributed by atoms with Crippen LogP contribution in [0.3, 0.4) is 0 Å². The number of nitrogens with one attached hydrogen (secondary N) is 1. The summed E-state index contributed by atoms with van der Waals surface area (Å²) in [4.78, 5) is 57.5. The maximum atomic E-state index is 14.2. The van der Waals surface area contributed by atoms with Crippen molar-refractivity contribution in [2.45, 2.75) is 50.6 Å². The number of aliphatic hydroxyl groups is 2. The van der Waals surface area contributed by atoms with Crippen molar-refractivity contribution in [3.05, 3.63) is 58.1 Å². The number of aryl methyl sites for hydroxylation is 1. The number of hydrogen-bond donors (Lipinski definition) is 5. The molecule has 0 bridgehead atoms. The summed E-state index contributed by atoms with van der Waals surface area (Å²) in [6.45, 7) is 2.78. The van der Waals surface area contributed by atoms with Gasteiger partial charge in [-0.2, -0.15) is 0 Å². The van der Waals surface area contributed by atoms with Crippen LogP contribution in [0.4, 0.5) is 5.69 Å². The Balaban J connectivity index is 1.54. The number of aromatic hydroxyl groups is 1. The lowest BCUT2D eigenvalue weighted by Crippen LogP contribution is -2.75. The molecule has 6 N–H and O–H groups in total. The second-order valence-corrected chi connectivity index (χ2v) is 12.7. The molecule has 7 atom stereocenters. The number of carbonyl (C=O) groups is 4. The van der Waals surface area contributed by atoms with Crippen LogP contribution in [0.1, 0.15) is 39.0 Å². The number of phenolic OH excluding ortho intramolecular Hbond substituents is 1. The monoisotopic (exact) mass is 592 g/mol. The first kappa shape index (κ1) is 30.8. The molecule has 11 nitrogen and oxygen atoms in total. The molecule has 0 aromatic heterocycles. The van der Waals surface area contributed by atoms with Gasteiger partial charge in [0.05, 0.1) is 17.6 Å². The zero-order valence-electron chi connectivity index (χ0n) is 25.1. The lowest BCUT2D eigenvalue weighted by Gasteiger charge is -2.55. The molecular weight excluding hydrogens is 552 g/mol. The summed E-state index contributed by atoms with van der Waals surface area (Å²) >= 11 is 0. The van der Waals surface area contributed by atoms with Gasteiger partial charge in [-0.05, 0) is 57.0 Å². The van der Waals surface area contributed by atoms with E-state index in [4.69, 9.17) is 5.73 Å². The molecule has 3 aliphatic carbocycles. The first-order valence-electron chi connectivity index (χ1n) is 14.5. The van der Waals surface area contributed by atoms with E-state index in [1.807, 2.05) is 56.3 Å². The highest BCUT2D eigenvalue weighted by Crippen LogP contribution is 2.52. The number of hydrogen-bond acceptors (Lipinski definition) is 10. The van der Waals surface area contributed by atoms with E-state index in [1.165, 1.54) is 0 Å². The predicted octanol–water partition coefficient (Wildman–Crippen LogP) is 0.323. The molecule has 3 unspecified atom stereocenters. The summed E-state index contributed by atoms with van der Waals surface area (Å²) in [6, 6.07) is 8.92. The van der Waals surface area contributed by atoms with Gasteiger partial charge in [0.15, 0.2) is 23.0 Å². The fraction of sp³-hybridized carbons (Fsp3) is 0.500. The van der Waals surface area contributed by atoms with Gasteiger partial charge in [-0.15, -0.1) is 0 Å².